The number of hydrogen-bond donors (Lipinski definition) is 2. The van der Waals surface area contributed by atoms with E-state index in [2.05, 4.69) is 10.3 Å². The number of nitrogens with one attached hydrogen (secondary N) is 1. The van der Waals surface area contributed by atoms with Gasteiger partial charge in [-0.15, -0.1) is 0 Å². The van der Waals surface area contributed by atoms with Crippen molar-refractivity contribution in [3.8, 4) is 11.5 Å². The zero-order valence-corrected chi connectivity index (χ0v) is 9.19. The van der Waals surface area contributed by atoms with Crippen molar-refractivity contribution in [3.05, 3.63) is 18.2 Å². The van der Waals surface area contributed by atoms with Gasteiger partial charge in [0.2, 0.25) is 0 Å². The first-order valence-electron chi connectivity index (χ1n) is 5.26. The number of nitrogens with two attached hydrogens (primary N) is 1. The Morgan fingerprint density at radius 1 is 1.38 bits per heavy atom. The van der Waals surface area contributed by atoms with Crippen molar-refractivity contribution in [3.63, 3.8) is 0 Å². The summed E-state index contributed by atoms with van der Waals surface area (Å²) in [7, 11) is 0. The quantitative estimate of drug-likeness (QED) is 0.581. The molecule has 0 unspecified atom stereocenters. The smallest absolute Gasteiger partial charge is 0.193 e. The van der Waals surface area contributed by atoms with Crippen molar-refractivity contribution in [1.29, 1.82) is 0 Å². The Bertz CT molecular complexity index is 404. The van der Waals surface area contributed by atoms with Gasteiger partial charge in [-0.05, 0) is 19.1 Å². The van der Waals surface area contributed by atoms with Crippen molar-refractivity contribution < 1.29 is 9.47 Å². The molecule has 16 heavy (non-hydrogen) atoms. The number of fused-ring (bicyclic) bond motifs is 1. The Balaban J connectivity index is 2.14. The van der Waals surface area contributed by atoms with Crippen LogP contribution < -0.4 is 20.5 Å². The van der Waals surface area contributed by atoms with Crippen molar-refractivity contribution in [2.24, 2.45) is 10.7 Å². The molecule has 0 spiro atoms. The summed E-state index contributed by atoms with van der Waals surface area (Å²) >= 11 is 0. The zero-order chi connectivity index (χ0) is 11.4. The summed E-state index contributed by atoms with van der Waals surface area (Å²) in [5.41, 5.74) is 6.51. The van der Waals surface area contributed by atoms with Crippen LogP contribution in [0.3, 0.4) is 0 Å². The third kappa shape index (κ3) is 2.36. The van der Waals surface area contributed by atoms with Gasteiger partial charge in [-0.1, -0.05) is 0 Å². The maximum absolute atomic E-state index is 5.66. The van der Waals surface area contributed by atoms with Crippen LogP contribution >= 0.6 is 0 Å². The first-order valence-corrected chi connectivity index (χ1v) is 5.26. The second-order valence-corrected chi connectivity index (χ2v) is 3.34. The first kappa shape index (κ1) is 10.6. The van der Waals surface area contributed by atoms with Crippen LogP contribution in [0.2, 0.25) is 0 Å². The van der Waals surface area contributed by atoms with Crippen molar-refractivity contribution >= 4 is 11.6 Å². The maximum atomic E-state index is 5.66. The van der Waals surface area contributed by atoms with E-state index in [0.29, 0.717) is 25.7 Å². The van der Waals surface area contributed by atoms with Gasteiger partial charge in [0.05, 0.1) is 0 Å². The van der Waals surface area contributed by atoms with Crippen LogP contribution in [0.5, 0.6) is 11.5 Å². The number of nitrogens with zero attached hydrogens (tertiary/aromatic N) is 1. The second-order valence-electron chi connectivity index (χ2n) is 3.34. The Morgan fingerprint density at radius 2 is 2.12 bits per heavy atom. The Morgan fingerprint density at radius 3 is 2.88 bits per heavy atom. The molecule has 1 aliphatic heterocycles. The van der Waals surface area contributed by atoms with Crippen LogP contribution in [0.25, 0.3) is 0 Å². The molecule has 0 fully saturated rings. The van der Waals surface area contributed by atoms with Crippen molar-refractivity contribution in [2.45, 2.75) is 6.92 Å². The van der Waals surface area contributed by atoms with Crippen molar-refractivity contribution in [2.75, 3.05) is 25.1 Å². The predicted molar refractivity (Wildman–Crippen MR) is 63.2 cm³/mol. The van der Waals surface area contributed by atoms with E-state index < -0.39 is 0 Å². The average Bonchev–Trinajstić information content (AvgIpc) is 2.29. The summed E-state index contributed by atoms with van der Waals surface area (Å²) in [6.45, 7) is 3.76. The fraction of sp³-hybridized carbons (Fsp3) is 0.364. The van der Waals surface area contributed by atoms with E-state index in [4.69, 9.17) is 15.2 Å². The minimum Gasteiger partial charge on any atom is -0.486 e. The highest BCUT2D eigenvalue weighted by Gasteiger charge is 2.11. The molecule has 0 aromatic heterocycles. The molecular formula is C11H15N3O2. The topological polar surface area (TPSA) is 68.9 Å². The highest BCUT2D eigenvalue weighted by molar-refractivity contribution is 5.92. The molecule has 1 aromatic rings. The Kier molecular flexibility index (Phi) is 3.14. The normalized spacial score (nSPS) is 14.7. The van der Waals surface area contributed by atoms with Crippen LogP contribution in [-0.4, -0.2) is 25.7 Å². The van der Waals surface area contributed by atoms with E-state index in [-0.39, 0.29) is 0 Å². The summed E-state index contributed by atoms with van der Waals surface area (Å²) < 4.78 is 10.9. The molecule has 5 nitrogen and oxygen atoms in total. The van der Waals surface area contributed by atoms with Gasteiger partial charge >= 0.3 is 0 Å². The molecule has 1 aromatic carbocycles. The number of aliphatic imine (C=N–C) groups is 1. The van der Waals surface area contributed by atoms with Gasteiger partial charge in [0, 0.05) is 18.3 Å². The average molecular weight is 221 g/mol. The van der Waals surface area contributed by atoms with E-state index >= 15 is 0 Å². The molecule has 3 N–H and O–H groups in total. The molecule has 0 aliphatic carbocycles. The van der Waals surface area contributed by atoms with E-state index in [9.17, 15) is 0 Å². The molecule has 0 saturated carbocycles. The van der Waals surface area contributed by atoms with Gasteiger partial charge in [0.15, 0.2) is 17.5 Å². The third-order valence-electron chi connectivity index (χ3n) is 2.14. The predicted octanol–water partition coefficient (Wildman–Crippen LogP) is 1.20. The van der Waals surface area contributed by atoms with E-state index in [1.165, 1.54) is 0 Å². The van der Waals surface area contributed by atoms with E-state index in [1.54, 1.807) is 0 Å². The summed E-state index contributed by atoms with van der Waals surface area (Å²) in [6, 6.07) is 5.59. The van der Waals surface area contributed by atoms with Gasteiger partial charge < -0.3 is 20.5 Å². The van der Waals surface area contributed by atoms with Crippen LogP contribution in [0, 0.1) is 0 Å². The molecule has 86 valence electrons. The van der Waals surface area contributed by atoms with Crippen LogP contribution in [-0.2, 0) is 0 Å². The largest absolute Gasteiger partial charge is 0.486 e. The van der Waals surface area contributed by atoms with E-state index in [1.807, 2.05) is 25.1 Å². The molecule has 0 amide bonds. The Labute approximate surface area is 94.3 Å². The minimum absolute atomic E-state index is 0.402. The Hall–Kier alpha value is -1.91. The number of benzene rings is 1. The fourth-order valence-corrected chi connectivity index (χ4v) is 1.48. The number of rotatable bonds is 2. The lowest BCUT2D eigenvalue weighted by molar-refractivity contribution is 0.171. The standard InChI is InChI=1S/C11H15N3O2/c1-2-13-11(12)14-8-3-4-9-10(7-8)16-6-5-15-9/h3-4,7H,2,5-6H2,1H3,(H3,12,13,14). The number of ether oxygens (including phenoxy) is 2. The maximum Gasteiger partial charge on any atom is 0.193 e. The fourth-order valence-electron chi connectivity index (χ4n) is 1.48. The third-order valence-corrected chi connectivity index (χ3v) is 2.14. The lowest BCUT2D eigenvalue weighted by atomic mass is 10.2. The number of guanidine groups is 1. The summed E-state index contributed by atoms with van der Waals surface area (Å²) in [4.78, 5) is 4.04. The molecule has 0 saturated heterocycles. The molecule has 0 atom stereocenters. The zero-order valence-electron chi connectivity index (χ0n) is 9.19. The van der Waals surface area contributed by atoms with Crippen LogP contribution in [0.15, 0.2) is 23.2 Å². The van der Waals surface area contributed by atoms with Gasteiger partial charge in [-0.2, -0.15) is 0 Å². The minimum atomic E-state index is 0.402. The summed E-state index contributed by atoms with van der Waals surface area (Å²) in [5.74, 6) is 1.91. The van der Waals surface area contributed by atoms with Gasteiger partial charge in [0.1, 0.15) is 13.2 Å². The molecular weight excluding hydrogens is 206 g/mol. The monoisotopic (exact) mass is 221 g/mol. The SMILES string of the molecule is CCN=C(N)Nc1ccc2c(c1)OCCO2. The van der Waals surface area contributed by atoms with Crippen LogP contribution in [0.4, 0.5) is 5.69 Å². The number of hydrogen-bond acceptors (Lipinski definition) is 3. The molecule has 2 rings (SSSR count). The lowest BCUT2D eigenvalue weighted by Gasteiger charge is -2.19. The molecule has 1 aliphatic rings. The molecule has 1 heterocycles. The van der Waals surface area contributed by atoms with Gasteiger partial charge in [0.25, 0.3) is 0 Å². The second kappa shape index (κ2) is 4.74. The van der Waals surface area contributed by atoms with E-state index in [0.717, 1.165) is 17.2 Å². The summed E-state index contributed by atoms with van der Waals surface area (Å²) in [6.07, 6.45) is 0. The molecule has 0 radical (unpaired) electrons. The molecule has 5 heteroatoms. The highest BCUT2D eigenvalue weighted by atomic mass is 16.6. The van der Waals surface area contributed by atoms with Gasteiger partial charge in [-0.3, -0.25) is 4.99 Å². The van der Waals surface area contributed by atoms with Crippen molar-refractivity contribution in [1.82, 2.24) is 0 Å². The lowest BCUT2D eigenvalue weighted by Crippen LogP contribution is -2.23. The van der Waals surface area contributed by atoms with Gasteiger partial charge in [-0.25, -0.2) is 0 Å². The number of anilines is 1. The highest BCUT2D eigenvalue weighted by Crippen LogP contribution is 2.32. The summed E-state index contributed by atoms with van der Waals surface area (Å²) in [5, 5.41) is 2.99. The first-order chi connectivity index (χ1) is 7.79. The van der Waals surface area contributed by atoms with Crippen LogP contribution in [0.1, 0.15) is 6.92 Å². The molecule has 0 bridgehead atoms.